The van der Waals surface area contributed by atoms with Crippen LogP contribution in [0.2, 0.25) is 0 Å². The average molecular weight is 286 g/mol. The zero-order chi connectivity index (χ0) is 15.2. The van der Waals surface area contributed by atoms with E-state index >= 15 is 0 Å². The highest BCUT2D eigenvalue weighted by Crippen LogP contribution is 2.31. The lowest BCUT2D eigenvalue weighted by molar-refractivity contribution is -0.117. The lowest BCUT2D eigenvalue weighted by Crippen LogP contribution is -2.32. The van der Waals surface area contributed by atoms with E-state index in [9.17, 15) is 4.79 Å². The molecule has 0 spiro atoms. The molecule has 5 heteroatoms. The lowest BCUT2D eigenvalue weighted by Gasteiger charge is -2.11. The zero-order valence-electron chi connectivity index (χ0n) is 12.0. The second kappa shape index (κ2) is 6.76. The van der Waals surface area contributed by atoms with Crippen LogP contribution in [0.15, 0.2) is 48.5 Å². The number of anilines is 1. The third-order valence-electron chi connectivity index (χ3n) is 2.83. The highest BCUT2D eigenvalue weighted by atomic mass is 16.5. The first kappa shape index (κ1) is 14.9. The highest BCUT2D eigenvalue weighted by Gasteiger charge is 2.08. The molecule has 0 saturated heterocycles. The third-order valence-corrected chi connectivity index (χ3v) is 2.83. The molecule has 0 fully saturated rings. The quantitative estimate of drug-likeness (QED) is 0.886. The van der Waals surface area contributed by atoms with Crippen LogP contribution < -0.4 is 20.5 Å². The summed E-state index contributed by atoms with van der Waals surface area (Å²) in [6, 6.07) is 13.9. The fraction of sp³-hybridized carbons (Fsp3) is 0.188. The molecule has 2 aromatic carbocycles. The molecule has 110 valence electrons. The molecule has 0 bridgehead atoms. The van der Waals surface area contributed by atoms with Crippen molar-refractivity contribution in [2.75, 3.05) is 12.4 Å². The Morgan fingerprint density at radius 2 is 1.71 bits per heavy atom. The average Bonchev–Trinajstić information content (AvgIpc) is 2.49. The first-order chi connectivity index (χ1) is 10.1. The van der Waals surface area contributed by atoms with E-state index in [-0.39, 0.29) is 5.91 Å². The Bertz CT molecular complexity index is 609. The Hall–Kier alpha value is -2.53. The number of nitrogens with one attached hydrogen (secondary N) is 1. The monoisotopic (exact) mass is 286 g/mol. The summed E-state index contributed by atoms with van der Waals surface area (Å²) in [5, 5.41) is 2.71. The Labute approximate surface area is 123 Å². The van der Waals surface area contributed by atoms with E-state index in [1.807, 2.05) is 24.3 Å². The molecule has 3 N–H and O–H groups in total. The maximum absolute atomic E-state index is 11.5. The summed E-state index contributed by atoms with van der Waals surface area (Å²) in [5.41, 5.74) is 6.17. The van der Waals surface area contributed by atoms with Crippen LogP contribution in [0.1, 0.15) is 6.92 Å². The van der Waals surface area contributed by atoms with Gasteiger partial charge in [0.15, 0.2) is 11.5 Å². The van der Waals surface area contributed by atoms with Gasteiger partial charge in [0.1, 0.15) is 5.75 Å². The zero-order valence-corrected chi connectivity index (χ0v) is 12.0. The fourth-order valence-corrected chi connectivity index (χ4v) is 1.69. The number of carbonyl (C=O) groups excluding carboxylic acids is 1. The van der Waals surface area contributed by atoms with Gasteiger partial charge in [0.05, 0.1) is 13.2 Å². The van der Waals surface area contributed by atoms with Gasteiger partial charge in [-0.25, -0.2) is 0 Å². The number of rotatable bonds is 5. The van der Waals surface area contributed by atoms with Crippen molar-refractivity contribution in [2.45, 2.75) is 13.0 Å². The Morgan fingerprint density at radius 3 is 2.29 bits per heavy atom. The van der Waals surface area contributed by atoms with Crippen LogP contribution in [0, 0.1) is 0 Å². The van der Waals surface area contributed by atoms with Crippen LogP contribution in [0.25, 0.3) is 0 Å². The Balaban J connectivity index is 2.07. The van der Waals surface area contributed by atoms with Crippen molar-refractivity contribution >= 4 is 11.6 Å². The van der Waals surface area contributed by atoms with Gasteiger partial charge in [0.2, 0.25) is 5.91 Å². The number of amides is 1. The number of ether oxygens (including phenoxy) is 2. The van der Waals surface area contributed by atoms with Crippen molar-refractivity contribution in [1.29, 1.82) is 0 Å². The summed E-state index contributed by atoms with van der Waals surface area (Å²) in [5.74, 6) is 1.71. The van der Waals surface area contributed by atoms with E-state index in [0.717, 1.165) is 0 Å². The van der Waals surface area contributed by atoms with E-state index in [0.29, 0.717) is 22.9 Å². The topological polar surface area (TPSA) is 73.6 Å². The highest BCUT2D eigenvalue weighted by molar-refractivity contribution is 5.94. The predicted octanol–water partition coefficient (Wildman–Crippen LogP) is 2.77. The molecule has 2 rings (SSSR count). The van der Waals surface area contributed by atoms with Crippen LogP contribution in [0.3, 0.4) is 0 Å². The molecule has 21 heavy (non-hydrogen) atoms. The minimum Gasteiger partial charge on any atom is -0.493 e. The molecule has 2 aromatic rings. The number of hydrogen-bond acceptors (Lipinski definition) is 4. The number of carbonyl (C=O) groups is 1. The van der Waals surface area contributed by atoms with Crippen LogP contribution >= 0.6 is 0 Å². The summed E-state index contributed by atoms with van der Waals surface area (Å²) >= 11 is 0. The van der Waals surface area contributed by atoms with E-state index in [1.165, 1.54) is 0 Å². The summed E-state index contributed by atoms with van der Waals surface area (Å²) in [6.07, 6.45) is 0. The minimum atomic E-state index is -0.547. The minimum absolute atomic E-state index is 0.228. The number of nitrogens with two attached hydrogens (primary N) is 1. The molecular weight excluding hydrogens is 268 g/mol. The smallest absolute Gasteiger partial charge is 0.240 e. The second-order valence-corrected chi connectivity index (χ2v) is 4.56. The lowest BCUT2D eigenvalue weighted by atomic mass is 10.2. The normalized spacial score (nSPS) is 11.6. The van der Waals surface area contributed by atoms with Crippen molar-refractivity contribution < 1.29 is 14.3 Å². The van der Waals surface area contributed by atoms with Gasteiger partial charge in [-0.1, -0.05) is 12.1 Å². The van der Waals surface area contributed by atoms with Gasteiger partial charge in [-0.2, -0.15) is 0 Å². The molecular formula is C16H18N2O3. The van der Waals surface area contributed by atoms with Crippen LogP contribution in [-0.4, -0.2) is 19.1 Å². The van der Waals surface area contributed by atoms with Crippen molar-refractivity contribution in [1.82, 2.24) is 0 Å². The Kier molecular flexibility index (Phi) is 4.79. The largest absolute Gasteiger partial charge is 0.493 e. The van der Waals surface area contributed by atoms with Gasteiger partial charge in [-0.05, 0) is 43.3 Å². The first-order valence-electron chi connectivity index (χ1n) is 6.57. The molecule has 1 amide bonds. The van der Waals surface area contributed by atoms with Gasteiger partial charge in [0, 0.05) is 5.69 Å². The SMILES string of the molecule is COc1ccccc1Oc1ccc(NC(=O)[C@@H](C)N)cc1. The third kappa shape index (κ3) is 3.97. The molecule has 0 aliphatic heterocycles. The molecule has 0 saturated carbocycles. The van der Waals surface area contributed by atoms with Gasteiger partial charge in [-0.15, -0.1) is 0 Å². The van der Waals surface area contributed by atoms with Crippen molar-refractivity contribution in [3.05, 3.63) is 48.5 Å². The summed E-state index contributed by atoms with van der Waals surface area (Å²) in [4.78, 5) is 11.5. The van der Waals surface area contributed by atoms with E-state index in [2.05, 4.69) is 5.32 Å². The Morgan fingerprint density at radius 1 is 1.10 bits per heavy atom. The van der Waals surface area contributed by atoms with Gasteiger partial charge in [-0.3, -0.25) is 4.79 Å². The second-order valence-electron chi connectivity index (χ2n) is 4.56. The van der Waals surface area contributed by atoms with Gasteiger partial charge in [0.25, 0.3) is 0 Å². The molecule has 1 atom stereocenters. The van der Waals surface area contributed by atoms with Crippen molar-refractivity contribution in [3.8, 4) is 17.2 Å². The van der Waals surface area contributed by atoms with Gasteiger partial charge < -0.3 is 20.5 Å². The fourth-order valence-electron chi connectivity index (χ4n) is 1.69. The van der Waals surface area contributed by atoms with Crippen LogP contribution in [-0.2, 0) is 4.79 Å². The first-order valence-corrected chi connectivity index (χ1v) is 6.57. The van der Waals surface area contributed by atoms with Crippen molar-refractivity contribution in [3.63, 3.8) is 0 Å². The predicted molar refractivity (Wildman–Crippen MR) is 81.8 cm³/mol. The van der Waals surface area contributed by atoms with Crippen molar-refractivity contribution in [2.24, 2.45) is 5.73 Å². The molecule has 0 heterocycles. The van der Waals surface area contributed by atoms with E-state index in [4.69, 9.17) is 15.2 Å². The van der Waals surface area contributed by atoms with E-state index in [1.54, 1.807) is 38.3 Å². The molecule has 0 aliphatic rings. The van der Waals surface area contributed by atoms with E-state index < -0.39 is 6.04 Å². The number of para-hydroxylation sites is 2. The number of benzene rings is 2. The van der Waals surface area contributed by atoms with Gasteiger partial charge >= 0.3 is 0 Å². The standard InChI is InChI=1S/C16H18N2O3/c1-11(17)16(19)18-12-7-9-13(10-8-12)21-15-6-4-3-5-14(15)20-2/h3-11H,17H2,1-2H3,(H,18,19)/t11-/m1/s1. The summed E-state index contributed by atoms with van der Waals surface area (Å²) in [7, 11) is 1.59. The van der Waals surface area contributed by atoms with Crippen LogP contribution in [0.5, 0.6) is 17.2 Å². The van der Waals surface area contributed by atoms with Crippen LogP contribution in [0.4, 0.5) is 5.69 Å². The molecule has 0 unspecified atom stereocenters. The molecule has 0 aromatic heterocycles. The molecule has 0 radical (unpaired) electrons. The maximum Gasteiger partial charge on any atom is 0.240 e. The molecule has 0 aliphatic carbocycles. The molecule has 5 nitrogen and oxygen atoms in total. The summed E-state index contributed by atoms with van der Waals surface area (Å²) < 4.78 is 11.0. The number of hydrogen-bond donors (Lipinski definition) is 2. The number of methoxy groups -OCH3 is 1. The maximum atomic E-state index is 11.5. The summed E-state index contributed by atoms with van der Waals surface area (Å²) in [6.45, 7) is 1.63.